The zero-order valence-electron chi connectivity index (χ0n) is 14.5. The number of hydrogen-bond acceptors (Lipinski definition) is 5. The van der Waals surface area contributed by atoms with Crippen LogP contribution in [0.3, 0.4) is 0 Å². The lowest BCUT2D eigenvalue weighted by molar-refractivity contribution is -0.143. The lowest BCUT2D eigenvalue weighted by Gasteiger charge is -2.24. The van der Waals surface area contributed by atoms with Gasteiger partial charge in [0.15, 0.2) is 9.84 Å². The molecule has 1 aliphatic heterocycles. The predicted molar refractivity (Wildman–Crippen MR) is 88.5 cm³/mol. The number of fused-ring (bicyclic) bond motifs is 1. The number of aliphatic hydroxyl groups is 2. The molecule has 3 atom stereocenters. The Balaban J connectivity index is 2.23. The molecular weight excluding hydrogens is 440 g/mol. The SMILES string of the molecule is N#Cc1c(C(F)(F)F)cc(C(O)C2C(O)c3ccccc3S2(=O)=O)cc1C(F)(F)F. The molecule has 30 heavy (non-hydrogen) atoms. The molecule has 3 unspecified atom stereocenters. The van der Waals surface area contributed by atoms with Crippen molar-refractivity contribution in [3.8, 4) is 6.07 Å². The highest BCUT2D eigenvalue weighted by molar-refractivity contribution is 7.92. The lowest BCUT2D eigenvalue weighted by Crippen LogP contribution is -2.29. The largest absolute Gasteiger partial charge is 0.417 e. The first-order valence-electron chi connectivity index (χ1n) is 8.12. The van der Waals surface area contributed by atoms with Gasteiger partial charge in [-0.25, -0.2) is 8.42 Å². The van der Waals surface area contributed by atoms with Gasteiger partial charge in [0.2, 0.25) is 0 Å². The van der Waals surface area contributed by atoms with E-state index in [4.69, 9.17) is 5.26 Å². The second kappa shape index (κ2) is 6.97. The second-order valence-corrected chi connectivity index (χ2v) is 8.61. The molecule has 0 bridgehead atoms. The van der Waals surface area contributed by atoms with Crippen LogP contribution in [0.25, 0.3) is 0 Å². The number of rotatable bonds is 2. The second-order valence-electron chi connectivity index (χ2n) is 6.54. The topological polar surface area (TPSA) is 98.4 Å². The molecule has 1 heterocycles. The van der Waals surface area contributed by atoms with Crippen LogP contribution in [0.2, 0.25) is 0 Å². The summed E-state index contributed by atoms with van der Waals surface area (Å²) >= 11 is 0. The Morgan fingerprint density at radius 1 is 1.00 bits per heavy atom. The summed E-state index contributed by atoms with van der Waals surface area (Å²) in [6, 6.07) is 6.03. The molecule has 0 fully saturated rings. The van der Waals surface area contributed by atoms with E-state index < -0.39 is 61.9 Å². The summed E-state index contributed by atoms with van der Waals surface area (Å²) in [7, 11) is -4.48. The number of hydrogen-bond donors (Lipinski definition) is 2. The highest BCUT2D eigenvalue weighted by Gasteiger charge is 2.50. The summed E-state index contributed by atoms with van der Waals surface area (Å²) in [5, 5.41) is 27.5. The molecule has 0 aliphatic carbocycles. The minimum absolute atomic E-state index is 0.0870. The monoisotopic (exact) mass is 451 g/mol. The standard InChI is InChI=1S/C18H11F6NO4S/c19-17(20,21)11-5-8(6-12(10(11)7-25)18(22,23)24)14(26)16-15(27)9-3-1-2-4-13(9)30(16,28)29/h1-6,14-16,26-27H. The summed E-state index contributed by atoms with van der Waals surface area (Å²) in [5.74, 6) is 0. The molecule has 160 valence electrons. The Labute approximate surface area is 165 Å². The Morgan fingerprint density at radius 3 is 1.93 bits per heavy atom. The molecular formula is C18H11F6NO4S. The zero-order chi connectivity index (χ0) is 22.6. The fourth-order valence-electron chi connectivity index (χ4n) is 3.41. The van der Waals surface area contributed by atoms with Gasteiger partial charge in [-0.15, -0.1) is 0 Å². The molecule has 0 amide bonds. The van der Waals surface area contributed by atoms with E-state index in [1.54, 1.807) is 0 Å². The first-order chi connectivity index (χ1) is 13.7. The molecule has 0 aromatic heterocycles. The van der Waals surface area contributed by atoms with Crippen molar-refractivity contribution in [2.45, 2.75) is 34.7 Å². The Hall–Kier alpha value is -2.62. The molecule has 12 heteroatoms. The van der Waals surface area contributed by atoms with E-state index in [-0.39, 0.29) is 22.6 Å². The van der Waals surface area contributed by atoms with Crippen molar-refractivity contribution in [2.75, 3.05) is 0 Å². The first-order valence-corrected chi connectivity index (χ1v) is 9.67. The van der Waals surface area contributed by atoms with E-state index in [9.17, 15) is 45.0 Å². The molecule has 1 aliphatic rings. The van der Waals surface area contributed by atoms with Crippen molar-refractivity contribution in [1.82, 2.24) is 0 Å². The molecule has 2 aromatic carbocycles. The maximum absolute atomic E-state index is 13.3. The third kappa shape index (κ3) is 3.42. The summed E-state index contributed by atoms with van der Waals surface area (Å²) in [6.07, 6.45) is -15.1. The van der Waals surface area contributed by atoms with Crippen LogP contribution in [0, 0.1) is 11.3 Å². The average Bonchev–Trinajstić information content (AvgIpc) is 2.85. The van der Waals surface area contributed by atoms with Crippen molar-refractivity contribution >= 4 is 9.84 Å². The number of benzene rings is 2. The summed E-state index contributed by atoms with van der Waals surface area (Å²) in [4.78, 5) is -0.387. The van der Waals surface area contributed by atoms with Gasteiger partial charge in [0.05, 0.1) is 27.7 Å². The Bertz CT molecular complexity index is 1120. The van der Waals surface area contributed by atoms with Gasteiger partial charge in [0, 0.05) is 5.56 Å². The molecule has 3 rings (SSSR count). The van der Waals surface area contributed by atoms with Crippen LogP contribution < -0.4 is 0 Å². The lowest BCUT2D eigenvalue weighted by atomic mass is 9.92. The summed E-state index contributed by atoms with van der Waals surface area (Å²) in [5.41, 5.74) is -6.84. The number of nitrogens with zero attached hydrogens (tertiary/aromatic N) is 1. The van der Waals surface area contributed by atoms with Gasteiger partial charge in [-0.2, -0.15) is 31.6 Å². The number of sulfone groups is 1. The molecule has 0 saturated carbocycles. The normalized spacial score (nSPS) is 21.7. The van der Waals surface area contributed by atoms with Crippen LogP contribution in [0.15, 0.2) is 41.3 Å². The summed E-state index contributed by atoms with van der Waals surface area (Å²) in [6.45, 7) is 0. The molecule has 5 nitrogen and oxygen atoms in total. The molecule has 2 N–H and O–H groups in total. The minimum Gasteiger partial charge on any atom is -0.387 e. The van der Waals surface area contributed by atoms with Crippen molar-refractivity contribution in [2.24, 2.45) is 0 Å². The van der Waals surface area contributed by atoms with Gasteiger partial charge in [0.25, 0.3) is 0 Å². The third-order valence-electron chi connectivity index (χ3n) is 4.75. The van der Waals surface area contributed by atoms with Crippen LogP contribution in [0.5, 0.6) is 0 Å². The van der Waals surface area contributed by atoms with Crippen molar-refractivity contribution in [1.29, 1.82) is 5.26 Å². The molecule has 2 aromatic rings. The maximum atomic E-state index is 13.3. The van der Waals surface area contributed by atoms with Gasteiger partial charge >= 0.3 is 12.4 Å². The first kappa shape index (κ1) is 22.1. The van der Waals surface area contributed by atoms with Gasteiger partial charge in [-0.3, -0.25) is 0 Å². The zero-order valence-corrected chi connectivity index (χ0v) is 15.3. The van der Waals surface area contributed by atoms with Crippen LogP contribution in [-0.2, 0) is 22.2 Å². The van der Waals surface area contributed by atoms with E-state index in [1.165, 1.54) is 18.2 Å². The molecule has 0 saturated heterocycles. The number of aliphatic hydroxyl groups excluding tert-OH is 2. The van der Waals surface area contributed by atoms with Gasteiger partial charge in [-0.05, 0) is 23.8 Å². The Kier molecular flexibility index (Phi) is 5.13. The Morgan fingerprint density at radius 2 is 1.50 bits per heavy atom. The van der Waals surface area contributed by atoms with Crippen LogP contribution in [0.1, 0.15) is 40.0 Å². The van der Waals surface area contributed by atoms with Gasteiger partial charge in [0.1, 0.15) is 17.4 Å². The number of nitriles is 1. The van der Waals surface area contributed by atoms with Crippen LogP contribution in [0.4, 0.5) is 26.3 Å². The van der Waals surface area contributed by atoms with Crippen molar-refractivity contribution in [3.05, 3.63) is 64.2 Å². The van der Waals surface area contributed by atoms with E-state index in [0.717, 1.165) is 12.1 Å². The van der Waals surface area contributed by atoms with Crippen molar-refractivity contribution in [3.63, 3.8) is 0 Å². The molecule has 0 radical (unpaired) electrons. The smallest absolute Gasteiger partial charge is 0.387 e. The number of halogens is 6. The van der Waals surface area contributed by atoms with E-state index >= 15 is 0 Å². The van der Waals surface area contributed by atoms with Crippen LogP contribution >= 0.6 is 0 Å². The van der Waals surface area contributed by atoms with Crippen molar-refractivity contribution < 1.29 is 45.0 Å². The highest BCUT2D eigenvalue weighted by Crippen LogP contribution is 2.46. The minimum atomic E-state index is -5.39. The average molecular weight is 451 g/mol. The highest BCUT2D eigenvalue weighted by atomic mass is 32.2. The van der Waals surface area contributed by atoms with E-state index in [2.05, 4.69) is 0 Å². The fraction of sp³-hybridized carbons (Fsp3) is 0.278. The maximum Gasteiger partial charge on any atom is 0.417 e. The quantitative estimate of drug-likeness (QED) is 0.681. The fourth-order valence-corrected chi connectivity index (χ4v) is 5.47. The summed E-state index contributed by atoms with van der Waals surface area (Å²) < 4.78 is 105. The number of alkyl halides is 6. The van der Waals surface area contributed by atoms with E-state index in [0.29, 0.717) is 0 Å². The van der Waals surface area contributed by atoms with Crippen LogP contribution in [-0.4, -0.2) is 23.9 Å². The predicted octanol–water partition coefficient (Wildman–Crippen LogP) is 3.52. The molecule has 0 spiro atoms. The third-order valence-corrected chi connectivity index (χ3v) is 6.97. The van der Waals surface area contributed by atoms with Gasteiger partial charge in [-0.1, -0.05) is 18.2 Å². The van der Waals surface area contributed by atoms with Gasteiger partial charge < -0.3 is 10.2 Å². The van der Waals surface area contributed by atoms with E-state index in [1.807, 2.05) is 0 Å².